The van der Waals surface area contributed by atoms with Crippen molar-refractivity contribution in [3.63, 3.8) is 0 Å². The van der Waals surface area contributed by atoms with Crippen LogP contribution in [0.15, 0.2) is 12.3 Å². The van der Waals surface area contributed by atoms with E-state index >= 15 is 0 Å². The molecule has 1 amide bonds. The highest BCUT2D eigenvalue weighted by Crippen LogP contribution is 2.40. The van der Waals surface area contributed by atoms with Gasteiger partial charge in [0, 0.05) is 19.0 Å². The Bertz CT molecular complexity index is 945. The molecule has 0 radical (unpaired) electrons. The van der Waals surface area contributed by atoms with Crippen LogP contribution in [-0.4, -0.2) is 27.2 Å². The first kappa shape index (κ1) is 21.5. The molecule has 0 saturated carbocycles. The Morgan fingerprint density at radius 1 is 1.36 bits per heavy atom. The molecule has 2 rings (SSSR count). The van der Waals surface area contributed by atoms with Crippen LogP contribution in [0.2, 0.25) is 5.02 Å². The summed E-state index contributed by atoms with van der Waals surface area (Å²) in [4.78, 5) is 23.4. The minimum absolute atomic E-state index is 0.0698. The number of nitrogens with zero attached hydrogens (tertiary/aromatic N) is 4. The van der Waals surface area contributed by atoms with Gasteiger partial charge in [-0.1, -0.05) is 18.5 Å². The molecule has 0 unspecified atom stereocenters. The average molecular weight is 427 g/mol. The zero-order chi connectivity index (χ0) is 21.4. The summed E-state index contributed by atoms with van der Waals surface area (Å²) in [6.07, 6.45) is -4.73. The van der Waals surface area contributed by atoms with Crippen molar-refractivity contribution in [3.05, 3.63) is 44.6 Å². The molecule has 2 aromatic rings. The number of carbonyl (C=O) groups is 1. The largest absolute Gasteiger partial charge is 0.422 e. The van der Waals surface area contributed by atoms with Crippen molar-refractivity contribution in [3.8, 4) is 5.69 Å². The van der Waals surface area contributed by atoms with E-state index < -0.39 is 56.4 Å². The zero-order valence-corrected chi connectivity index (χ0v) is 15.1. The molecular formula is C15H12ClF5N4O3. The van der Waals surface area contributed by atoms with Crippen LogP contribution in [0.5, 0.6) is 0 Å². The van der Waals surface area contributed by atoms with Gasteiger partial charge in [0.15, 0.2) is 5.82 Å². The topological polar surface area (TPSA) is 81.3 Å². The van der Waals surface area contributed by atoms with E-state index in [1.807, 2.05) is 0 Å². The Balaban J connectivity index is 2.83. The first-order chi connectivity index (χ1) is 12.9. The molecule has 1 heterocycles. The van der Waals surface area contributed by atoms with Crippen LogP contribution in [0.3, 0.4) is 0 Å². The Morgan fingerprint density at radius 2 is 1.96 bits per heavy atom. The lowest BCUT2D eigenvalue weighted by Gasteiger charge is -2.21. The summed E-state index contributed by atoms with van der Waals surface area (Å²) in [5.74, 6) is -5.16. The maximum absolute atomic E-state index is 14.2. The third-order valence-electron chi connectivity index (χ3n) is 3.75. The van der Waals surface area contributed by atoms with Crippen molar-refractivity contribution < 1.29 is 31.7 Å². The smallest absolute Gasteiger partial charge is 0.291 e. The number of carbonyl (C=O) groups excluding carboxylic acids is 1. The van der Waals surface area contributed by atoms with E-state index in [2.05, 4.69) is 5.10 Å². The fraction of sp³-hybridized carbons (Fsp3) is 0.333. The lowest BCUT2D eigenvalue weighted by atomic mass is 10.1. The third-order valence-corrected chi connectivity index (χ3v) is 4.11. The van der Waals surface area contributed by atoms with E-state index in [1.165, 1.54) is 13.8 Å². The molecular weight excluding hydrogens is 415 g/mol. The van der Waals surface area contributed by atoms with Crippen molar-refractivity contribution in [2.24, 2.45) is 0 Å². The summed E-state index contributed by atoms with van der Waals surface area (Å²) in [7, 11) is 0. The molecule has 0 aliphatic carbocycles. The summed E-state index contributed by atoms with van der Waals surface area (Å²) >= 11 is 5.66. The van der Waals surface area contributed by atoms with Crippen molar-refractivity contribution in [2.45, 2.75) is 26.4 Å². The summed E-state index contributed by atoms with van der Waals surface area (Å²) in [5.41, 5.74) is -3.63. The first-order valence-electron chi connectivity index (χ1n) is 7.73. The molecule has 13 heteroatoms. The van der Waals surface area contributed by atoms with Gasteiger partial charge in [-0.3, -0.25) is 19.8 Å². The van der Waals surface area contributed by atoms with Crippen molar-refractivity contribution in [2.75, 3.05) is 11.4 Å². The number of halogens is 6. The molecule has 0 spiro atoms. The van der Waals surface area contributed by atoms with Crippen LogP contribution in [-0.2, 0) is 11.0 Å². The number of nitro groups is 1. The number of hydrogen-bond donors (Lipinski definition) is 0. The summed E-state index contributed by atoms with van der Waals surface area (Å²) in [5, 5.41) is 13.7. The minimum Gasteiger partial charge on any atom is -0.291 e. The van der Waals surface area contributed by atoms with E-state index in [-0.39, 0.29) is 19.0 Å². The Kier molecular flexibility index (Phi) is 5.92. The highest BCUT2D eigenvalue weighted by Gasteiger charge is 2.40. The lowest BCUT2D eigenvalue weighted by Crippen LogP contribution is -2.32. The number of aromatic nitrogens is 2. The molecule has 0 aliphatic heterocycles. The van der Waals surface area contributed by atoms with Gasteiger partial charge in [0.05, 0.1) is 10.6 Å². The predicted molar refractivity (Wildman–Crippen MR) is 88.5 cm³/mol. The van der Waals surface area contributed by atoms with E-state index in [0.717, 1.165) is 4.90 Å². The second-order valence-corrected chi connectivity index (χ2v) is 5.77. The molecule has 1 aromatic heterocycles. The highest BCUT2D eigenvalue weighted by atomic mass is 35.5. The molecule has 0 saturated heterocycles. The standard InChI is InChI=1S/C15H12ClF5N4O3/c1-3-10(26)23(4-2)14-9(25(27)28)6-22-24(14)8-5-7(17)11(15(19,20)21)13(18)12(8)16/h5-6H,3-4H2,1-2H3. The van der Waals surface area contributed by atoms with Gasteiger partial charge in [-0.15, -0.1) is 0 Å². The zero-order valence-electron chi connectivity index (χ0n) is 14.4. The second-order valence-electron chi connectivity index (χ2n) is 5.39. The third kappa shape index (κ3) is 3.63. The highest BCUT2D eigenvalue weighted by molar-refractivity contribution is 6.32. The maximum Gasteiger partial charge on any atom is 0.422 e. The normalized spacial score (nSPS) is 11.6. The van der Waals surface area contributed by atoms with Crippen LogP contribution < -0.4 is 4.90 Å². The molecule has 0 bridgehead atoms. The summed E-state index contributed by atoms with van der Waals surface area (Å²) in [6.45, 7) is 2.87. The van der Waals surface area contributed by atoms with Crippen LogP contribution in [0.4, 0.5) is 33.5 Å². The SMILES string of the molecule is CCC(=O)N(CC)c1c([N+](=O)[O-])cnn1-c1cc(F)c(C(F)(F)F)c(F)c1Cl. The van der Waals surface area contributed by atoms with E-state index in [4.69, 9.17) is 11.6 Å². The predicted octanol–water partition coefficient (Wildman–Crippen LogP) is 4.49. The van der Waals surface area contributed by atoms with Gasteiger partial charge in [0.2, 0.25) is 11.7 Å². The number of anilines is 1. The molecule has 0 aliphatic rings. The summed E-state index contributed by atoms with van der Waals surface area (Å²) in [6, 6.07) is 0.249. The van der Waals surface area contributed by atoms with Gasteiger partial charge in [0.25, 0.3) is 0 Å². The molecule has 0 N–H and O–H groups in total. The number of hydrogen-bond acceptors (Lipinski definition) is 4. The molecule has 0 atom stereocenters. The van der Waals surface area contributed by atoms with Gasteiger partial charge in [0.1, 0.15) is 22.6 Å². The molecule has 152 valence electrons. The average Bonchev–Trinajstić information content (AvgIpc) is 3.02. The Hall–Kier alpha value is -2.76. The van der Waals surface area contributed by atoms with Gasteiger partial charge < -0.3 is 0 Å². The number of rotatable bonds is 5. The molecule has 7 nitrogen and oxygen atoms in total. The fourth-order valence-corrected chi connectivity index (χ4v) is 2.75. The quantitative estimate of drug-likeness (QED) is 0.305. The van der Waals surface area contributed by atoms with Gasteiger partial charge >= 0.3 is 11.9 Å². The fourth-order valence-electron chi connectivity index (χ4n) is 2.52. The molecule has 1 aromatic carbocycles. The van der Waals surface area contributed by atoms with Crippen LogP contribution in [0.25, 0.3) is 5.69 Å². The van der Waals surface area contributed by atoms with Crippen molar-refractivity contribution in [1.82, 2.24) is 9.78 Å². The number of alkyl halides is 3. The molecule has 0 fully saturated rings. The first-order valence-corrected chi connectivity index (χ1v) is 8.11. The van der Waals surface area contributed by atoms with Gasteiger partial charge in [-0.25, -0.2) is 13.5 Å². The van der Waals surface area contributed by atoms with E-state index in [1.54, 1.807) is 0 Å². The lowest BCUT2D eigenvalue weighted by molar-refractivity contribution is -0.384. The monoisotopic (exact) mass is 426 g/mol. The molecule has 28 heavy (non-hydrogen) atoms. The maximum atomic E-state index is 14.2. The van der Waals surface area contributed by atoms with Crippen LogP contribution in [0.1, 0.15) is 25.8 Å². The second kappa shape index (κ2) is 7.70. The van der Waals surface area contributed by atoms with Crippen molar-refractivity contribution in [1.29, 1.82) is 0 Å². The number of benzene rings is 1. The van der Waals surface area contributed by atoms with Crippen LogP contribution >= 0.6 is 11.6 Å². The van der Waals surface area contributed by atoms with Gasteiger partial charge in [-0.2, -0.15) is 18.3 Å². The minimum atomic E-state index is -5.36. The Morgan fingerprint density at radius 3 is 2.43 bits per heavy atom. The van der Waals surface area contributed by atoms with Crippen molar-refractivity contribution >= 4 is 29.0 Å². The van der Waals surface area contributed by atoms with Gasteiger partial charge in [-0.05, 0) is 6.92 Å². The van der Waals surface area contributed by atoms with E-state index in [0.29, 0.717) is 10.9 Å². The van der Waals surface area contributed by atoms with E-state index in [9.17, 15) is 36.9 Å². The Labute approximate surface area is 159 Å². The summed E-state index contributed by atoms with van der Waals surface area (Å²) < 4.78 is 67.3. The van der Waals surface area contributed by atoms with Crippen LogP contribution in [0, 0.1) is 21.7 Å². The number of amides is 1.